The van der Waals surface area contributed by atoms with Gasteiger partial charge in [-0.2, -0.15) is 5.10 Å². The first kappa shape index (κ1) is 22.9. The molecule has 3 rings (SSSR count). The van der Waals surface area contributed by atoms with Crippen LogP contribution in [0.3, 0.4) is 0 Å². The Bertz CT molecular complexity index is 1130. The van der Waals surface area contributed by atoms with Crippen LogP contribution >= 0.6 is 0 Å². The predicted octanol–water partition coefficient (Wildman–Crippen LogP) is 3.46. The summed E-state index contributed by atoms with van der Waals surface area (Å²) in [5, 5.41) is 18.3. The zero-order chi connectivity index (χ0) is 22.8. The molecule has 1 aromatic carbocycles. The molecule has 0 radical (unpaired) electrons. The average molecular weight is 452 g/mol. The van der Waals surface area contributed by atoms with Crippen molar-refractivity contribution in [2.75, 3.05) is 11.1 Å². The molecule has 0 aliphatic heterocycles. The van der Waals surface area contributed by atoms with E-state index in [0.717, 1.165) is 6.07 Å². The van der Waals surface area contributed by atoms with Gasteiger partial charge in [0, 0.05) is 29.4 Å². The molecule has 11 heteroatoms. The predicted molar refractivity (Wildman–Crippen MR) is 112 cm³/mol. The van der Waals surface area contributed by atoms with Gasteiger partial charge in [-0.3, -0.25) is 9.48 Å². The number of nitrogens with zero attached hydrogens (tertiary/aromatic N) is 3. The maximum absolute atomic E-state index is 12.9. The summed E-state index contributed by atoms with van der Waals surface area (Å²) in [6.07, 6.45) is -0.634. The number of amides is 1. The number of aliphatic hydroxyl groups is 1. The van der Waals surface area contributed by atoms with E-state index in [-0.39, 0.29) is 11.4 Å². The van der Waals surface area contributed by atoms with Gasteiger partial charge in [0.1, 0.15) is 11.4 Å². The Kier molecular flexibility index (Phi) is 6.77. The maximum Gasteiger partial charge on any atom is 0.280 e. The second kappa shape index (κ2) is 9.16. The third-order valence-electron chi connectivity index (χ3n) is 4.53. The number of rotatable bonds is 8. The van der Waals surface area contributed by atoms with Crippen molar-refractivity contribution in [1.29, 1.82) is 0 Å². The number of hydrogen-bond donors (Lipinski definition) is 3. The van der Waals surface area contributed by atoms with Crippen LogP contribution in [0.4, 0.5) is 14.5 Å². The summed E-state index contributed by atoms with van der Waals surface area (Å²) in [6, 6.07) is 7.05. The molecule has 1 unspecified atom stereocenters. The Morgan fingerprint density at radius 2 is 2.06 bits per heavy atom. The lowest BCUT2D eigenvalue weighted by atomic mass is 9.95. The van der Waals surface area contributed by atoms with Crippen molar-refractivity contribution >= 4 is 33.6 Å². The zero-order valence-corrected chi connectivity index (χ0v) is 17.7. The first-order chi connectivity index (χ1) is 14.5. The molecule has 0 saturated carbocycles. The Morgan fingerprint density at radius 3 is 2.71 bits per heavy atom. The van der Waals surface area contributed by atoms with Crippen molar-refractivity contribution in [1.82, 2.24) is 14.8 Å². The van der Waals surface area contributed by atoms with Gasteiger partial charge in [0.25, 0.3) is 12.3 Å². The third-order valence-corrected chi connectivity index (χ3v) is 5.17. The second-order valence-corrected chi connectivity index (χ2v) is 8.54. The average Bonchev–Trinajstić information content (AvgIpc) is 3.08. The summed E-state index contributed by atoms with van der Waals surface area (Å²) in [4.78, 5) is 16.3. The number of aryl methyl sites for hydroxylation is 1. The van der Waals surface area contributed by atoms with Crippen LogP contribution in [-0.4, -0.2) is 40.3 Å². The van der Waals surface area contributed by atoms with E-state index < -0.39 is 34.7 Å². The van der Waals surface area contributed by atoms with Gasteiger partial charge in [0.05, 0.1) is 16.9 Å². The molecule has 0 aliphatic carbocycles. The summed E-state index contributed by atoms with van der Waals surface area (Å²) >= 11 is -1.88. The van der Waals surface area contributed by atoms with E-state index in [9.17, 15) is 22.9 Å². The molecule has 1 atom stereocenters. The number of aromatic nitrogens is 3. The standard InChI is InChI=1S/C20H22F2N4O4S/c1-20(2,28)13-10-16-12(11-26(25-16)7-4-8-31(29)30)9-17(13)24-19(27)15-6-3-5-14(23-15)18(21)22/h3,5-6,9-11,18,28H,4,7-8H2,1-2H3,(H,24,27)(H,29,30). The Morgan fingerprint density at radius 1 is 1.32 bits per heavy atom. The van der Waals surface area contributed by atoms with E-state index in [0.29, 0.717) is 35.1 Å². The fourth-order valence-corrected chi connectivity index (χ4v) is 3.46. The molecule has 2 aromatic heterocycles. The molecule has 0 saturated heterocycles. The summed E-state index contributed by atoms with van der Waals surface area (Å²) in [6.45, 7) is 3.52. The SMILES string of the molecule is CC(C)(O)c1cc2nn(CCCS(=O)O)cc2cc1NC(=O)c1cccc(C(F)F)n1. The molecule has 166 valence electrons. The molecule has 2 heterocycles. The first-order valence-electron chi connectivity index (χ1n) is 9.42. The van der Waals surface area contributed by atoms with Crippen LogP contribution in [0, 0.1) is 0 Å². The molecule has 0 fully saturated rings. The van der Waals surface area contributed by atoms with Gasteiger partial charge in [-0.25, -0.2) is 18.0 Å². The number of halogens is 2. The topological polar surface area (TPSA) is 117 Å². The van der Waals surface area contributed by atoms with E-state index >= 15 is 0 Å². The van der Waals surface area contributed by atoms with Crippen LogP contribution in [0.15, 0.2) is 36.5 Å². The highest BCUT2D eigenvalue weighted by Crippen LogP contribution is 2.32. The number of nitrogens with one attached hydrogen (secondary N) is 1. The molecular formula is C20H22F2N4O4S. The lowest BCUT2D eigenvalue weighted by Crippen LogP contribution is -2.21. The number of pyridine rings is 1. The lowest BCUT2D eigenvalue weighted by Gasteiger charge is -2.22. The smallest absolute Gasteiger partial charge is 0.280 e. The number of hydrogen-bond acceptors (Lipinski definition) is 5. The fraction of sp³-hybridized carbons (Fsp3) is 0.350. The Labute approximate surface area is 179 Å². The number of benzene rings is 1. The second-order valence-electron chi connectivity index (χ2n) is 7.49. The lowest BCUT2D eigenvalue weighted by molar-refractivity contribution is 0.0793. The van der Waals surface area contributed by atoms with Gasteiger partial charge < -0.3 is 15.0 Å². The molecule has 8 nitrogen and oxygen atoms in total. The number of alkyl halides is 2. The number of anilines is 1. The molecule has 0 aliphatic rings. The van der Waals surface area contributed by atoms with Gasteiger partial charge >= 0.3 is 0 Å². The highest BCUT2D eigenvalue weighted by molar-refractivity contribution is 7.79. The summed E-state index contributed by atoms with van der Waals surface area (Å²) in [7, 11) is 0. The quantitative estimate of drug-likeness (QED) is 0.451. The largest absolute Gasteiger partial charge is 0.386 e. The zero-order valence-electron chi connectivity index (χ0n) is 16.9. The summed E-state index contributed by atoms with van der Waals surface area (Å²) < 4.78 is 47.1. The number of carbonyl (C=O) groups is 1. The van der Waals surface area contributed by atoms with E-state index in [1.807, 2.05) is 0 Å². The van der Waals surface area contributed by atoms with Crippen molar-refractivity contribution in [2.45, 2.75) is 38.8 Å². The molecule has 3 aromatic rings. The number of carbonyl (C=O) groups excluding carboxylic acids is 1. The van der Waals surface area contributed by atoms with Gasteiger partial charge in [-0.05, 0) is 44.5 Å². The van der Waals surface area contributed by atoms with E-state index in [4.69, 9.17) is 4.55 Å². The molecule has 0 spiro atoms. The van der Waals surface area contributed by atoms with Gasteiger partial charge in [0.15, 0.2) is 11.1 Å². The molecule has 3 N–H and O–H groups in total. The van der Waals surface area contributed by atoms with Crippen molar-refractivity contribution in [3.05, 3.63) is 53.5 Å². The highest BCUT2D eigenvalue weighted by Gasteiger charge is 2.24. The fourth-order valence-electron chi connectivity index (χ4n) is 3.08. The van der Waals surface area contributed by atoms with E-state index in [1.165, 1.54) is 12.1 Å². The van der Waals surface area contributed by atoms with Gasteiger partial charge in [-0.1, -0.05) is 6.07 Å². The highest BCUT2D eigenvalue weighted by atomic mass is 32.2. The number of fused-ring (bicyclic) bond motifs is 1. The van der Waals surface area contributed by atoms with Crippen LogP contribution < -0.4 is 5.32 Å². The minimum absolute atomic E-state index is 0.122. The van der Waals surface area contributed by atoms with E-state index in [2.05, 4.69) is 15.4 Å². The Balaban J connectivity index is 1.93. The van der Waals surface area contributed by atoms with Crippen molar-refractivity contribution in [2.24, 2.45) is 0 Å². The summed E-state index contributed by atoms with van der Waals surface area (Å²) in [5.74, 6) is -0.568. The van der Waals surface area contributed by atoms with E-state index in [1.54, 1.807) is 36.9 Å². The van der Waals surface area contributed by atoms with Crippen molar-refractivity contribution in [3.8, 4) is 0 Å². The monoisotopic (exact) mass is 452 g/mol. The molecule has 1 amide bonds. The van der Waals surface area contributed by atoms with Crippen LogP contribution in [0.5, 0.6) is 0 Å². The molecular weight excluding hydrogens is 430 g/mol. The normalized spacial score (nSPS) is 13.0. The van der Waals surface area contributed by atoms with Crippen molar-refractivity contribution in [3.63, 3.8) is 0 Å². The van der Waals surface area contributed by atoms with Gasteiger partial charge in [0.2, 0.25) is 0 Å². The van der Waals surface area contributed by atoms with Crippen LogP contribution in [0.25, 0.3) is 10.9 Å². The van der Waals surface area contributed by atoms with Crippen LogP contribution in [0.1, 0.15) is 48.4 Å². The van der Waals surface area contributed by atoms with Gasteiger partial charge in [-0.15, -0.1) is 0 Å². The first-order valence-corrected chi connectivity index (χ1v) is 10.7. The molecule has 0 bridgehead atoms. The maximum atomic E-state index is 12.9. The Hall–Kier alpha value is -2.76. The molecule has 31 heavy (non-hydrogen) atoms. The third kappa shape index (κ3) is 5.69. The summed E-state index contributed by atoms with van der Waals surface area (Å²) in [5.41, 5.74) is -0.751. The minimum Gasteiger partial charge on any atom is -0.386 e. The van der Waals surface area contributed by atoms with Crippen molar-refractivity contribution < 1.29 is 27.4 Å². The minimum atomic E-state index is -2.80. The van der Waals surface area contributed by atoms with Crippen LogP contribution in [-0.2, 0) is 23.2 Å². The van der Waals surface area contributed by atoms with Crippen LogP contribution in [0.2, 0.25) is 0 Å².